The lowest BCUT2D eigenvalue weighted by Gasteiger charge is -2.16. The fourth-order valence-electron chi connectivity index (χ4n) is 1.95. The lowest BCUT2D eigenvalue weighted by molar-refractivity contribution is 0.0940. The number of nitrogens with one attached hydrogen (secondary N) is 1. The minimum absolute atomic E-state index is 0.111. The van der Waals surface area contributed by atoms with Crippen LogP contribution in [0.25, 0.3) is 0 Å². The molecule has 0 aliphatic rings. The number of hydrogen-bond acceptors (Lipinski definition) is 1. The maximum Gasteiger partial charge on any atom is 0.251 e. The Bertz CT molecular complexity index is 619. The highest BCUT2D eigenvalue weighted by Gasteiger charge is 2.14. The molecule has 0 saturated carbocycles. The van der Waals surface area contributed by atoms with Crippen molar-refractivity contribution in [3.8, 4) is 0 Å². The lowest BCUT2D eigenvalue weighted by atomic mass is 10.1. The molecule has 1 atom stereocenters. The molecule has 5 heteroatoms. The second-order valence-electron chi connectivity index (χ2n) is 4.64. The fourth-order valence-corrected chi connectivity index (χ4v) is 2.65. The van der Waals surface area contributed by atoms with Crippen molar-refractivity contribution in [3.05, 3.63) is 68.3 Å². The Hall–Kier alpha value is -0.780. The number of carbonyl (C=O) groups is 1. The highest BCUT2D eigenvalue weighted by molar-refractivity contribution is 14.1. The molecule has 2 aromatic rings. The molecule has 21 heavy (non-hydrogen) atoms. The van der Waals surface area contributed by atoms with Crippen molar-refractivity contribution in [3.63, 3.8) is 0 Å². The van der Waals surface area contributed by atoms with Gasteiger partial charge in [0.15, 0.2) is 0 Å². The molecule has 0 aromatic heterocycles. The Kier molecular flexibility index (Phi) is 6.33. The van der Waals surface area contributed by atoms with Gasteiger partial charge >= 0.3 is 0 Å². The fraction of sp³-hybridized carbons (Fsp3) is 0.188. The van der Waals surface area contributed by atoms with E-state index >= 15 is 0 Å². The molecule has 0 spiro atoms. The molecule has 1 amide bonds. The highest BCUT2D eigenvalue weighted by Crippen LogP contribution is 2.19. The summed E-state index contributed by atoms with van der Waals surface area (Å²) in [5.41, 5.74) is 1.69. The van der Waals surface area contributed by atoms with E-state index in [2.05, 4.69) is 27.9 Å². The van der Waals surface area contributed by atoms with Gasteiger partial charge in [0.1, 0.15) is 0 Å². The topological polar surface area (TPSA) is 29.1 Å². The first-order chi connectivity index (χ1) is 10.1. The monoisotopic (exact) mass is 433 g/mol. The van der Waals surface area contributed by atoms with Crippen LogP contribution in [0.15, 0.2) is 48.5 Å². The predicted molar refractivity (Wildman–Crippen MR) is 96.3 cm³/mol. The van der Waals surface area contributed by atoms with E-state index in [9.17, 15) is 4.79 Å². The van der Waals surface area contributed by atoms with Gasteiger partial charge < -0.3 is 5.32 Å². The van der Waals surface area contributed by atoms with E-state index in [1.165, 1.54) is 0 Å². The van der Waals surface area contributed by atoms with Crippen LogP contribution in [-0.2, 0) is 6.42 Å². The third-order valence-electron chi connectivity index (χ3n) is 3.03. The lowest BCUT2D eigenvalue weighted by Crippen LogP contribution is -2.37. The van der Waals surface area contributed by atoms with Crippen LogP contribution in [0.3, 0.4) is 0 Å². The molecule has 1 unspecified atom stereocenters. The van der Waals surface area contributed by atoms with Crippen molar-refractivity contribution >= 4 is 51.7 Å². The van der Waals surface area contributed by atoms with E-state index in [1.54, 1.807) is 12.1 Å². The van der Waals surface area contributed by atoms with Crippen LogP contribution in [-0.4, -0.2) is 17.8 Å². The van der Waals surface area contributed by atoms with Gasteiger partial charge in [-0.1, -0.05) is 41.9 Å². The standard InChI is InChI=1S/C16H14Cl2INO/c17-10-13(8-11-4-2-1-3-5-11)20-16(21)12-6-7-15(19)14(18)9-12/h1-7,9,13H,8,10H2,(H,20,21). The maximum absolute atomic E-state index is 12.2. The normalized spacial score (nSPS) is 12.0. The zero-order valence-corrected chi connectivity index (χ0v) is 14.8. The zero-order valence-electron chi connectivity index (χ0n) is 11.2. The summed E-state index contributed by atoms with van der Waals surface area (Å²) in [7, 11) is 0. The molecule has 0 radical (unpaired) electrons. The van der Waals surface area contributed by atoms with Gasteiger partial charge in [-0.2, -0.15) is 0 Å². The molecule has 2 rings (SSSR count). The summed E-state index contributed by atoms with van der Waals surface area (Å²) in [5.74, 6) is 0.202. The molecule has 0 bridgehead atoms. The van der Waals surface area contributed by atoms with Crippen LogP contribution in [0.5, 0.6) is 0 Å². The second kappa shape index (κ2) is 8.01. The number of alkyl halides is 1. The van der Waals surface area contributed by atoms with E-state index in [1.807, 2.05) is 36.4 Å². The molecule has 2 nitrogen and oxygen atoms in total. The van der Waals surface area contributed by atoms with Crippen molar-refractivity contribution < 1.29 is 4.79 Å². The summed E-state index contributed by atoms with van der Waals surface area (Å²) in [6, 6.07) is 15.1. The molecule has 0 aliphatic carbocycles. The summed E-state index contributed by atoms with van der Waals surface area (Å²) < 4.78 is 0.920. The van der Waals surface area contributed by atoms with Gasteiger partial charge in [-0.3, -0.25) is 4.79 Å². The average molecular weight is 434 g/mol. The van der Waals surface area contributed by atoms with Gasteiger partial charge in [0.25, 0.3) is 5.91 Å². The molecule has 0 saturated heterocycles. The summed E-state index contributed by atoms with van der Waals surface area (Å²) in [4.78, 5) is 12.2. The number of amides is 1. The Morgan fingerprint density at radius 3 is 2.52 bits per heavy atom. The Labute approximate surface area is 148 Å². The summed E-state index contributed by atoms with van der Waals surface area (Å²) in [6.45, 7) is 0. The van der Waals surface area contributed by atoms with Crippen LogP contribution in [0.2, 0.25) is 5.02 Å². The molecule has 1 N–H and O–H groups in total. The summed E-state index contributed by atoms with van der Waals surface area (Å²) in [6.07, 6.45) is 0.703. The minimum Gasteiger partial charge on any atom is -0.348 e. The van der Waals surface area contributed by atoms with Gasteiger partial charge in [0.05, 0.1) is 5.02 Å². The van der Waals surface area contributed by atoms with E-state index in [0.29, 0.717) is 22.9 Å². The molecule has 0 aliphatic heterocycles. The highest BCUT2D eigenvalue weighted by atomic mass is 127. The molecular formula is C16H14Cl2INO. The first-order valence-corrected chi connectivity index (χ1v) is 8.45. The Morgan fingerprint density at radius 2 is 1.90 bits per heavy atom. The third kappa shape index (κ3) is 4.87. The van der Waals surface area contributed by atoms with E-state index in [-0.39, 0.29) is 11.9 Å². The van der Waals surface area contributed by atoms with Crippen molar-refractivity contribution in [2.45, 2.75) is 12.5 Å². The largest absolute Gasteiger partial charge is 0.348 e. The van der Waals surface area contributed by atoms with Crippen LogP contribution >= 0.6 is 45.8 Å². The van der Waals surface area contributed by atoms with Gasteiger partial charge in [-0.25, -0.2) is 0 Å². The summed E-state index contributed by atoms with van der Waals surface area (Å²) >= 11 is 14.1. The SMILES string of the molecule is O=C(NC(CCl)Cc1ccccc1)c1ccc(I)c(Cl)c1. The number of carbonyl (C=O) groups excluding carboxylic acids is 1. The number of benzene rings is 2. The number of halogens is 3. The van der Waals surface area contributed by atoms with Crippen LogP contribution < -0.4 is 5.32 Å². The number of rotatable bonds is 5. The Balaban J connectivity index is 2.04. The Morgan fingerprint density at radius 1 is 1.19 bits per heavy atom. The first-order valence-electron chi connectivity index (χ1n) is 6.46. The minimum atomic E-state index is -0.158. The van der Waals surface area contributed by atoms with Crippen LogP contribution in [0.1, 0.15) is 15.9 Å². The van der Waals surface area contributed by atoms with Gasteiger partial charge in [-0.05, 0) is 52.8 Å². The van der Waals surface area contributed by atoms with Crippen LogP contribution in [0.4, 0.5) is 0 Å². The predicted octanol–water partition coefficient (Wildman–Crippen LogP) is 4.52. The molecule has 110 valence electrons. The molecule has 2 aromatic carbocycles. The van der Waals surface area contributed by atoms with E-state index < -0.39 is 0 Å². The van der Waals surface area contributed by atoms with E-state index in [0.717, 1.165) is 9.13 Å². The summed E-state index contributed by atoms with van der Waals surface area (Å²) in [5, 5.41) is 3.52. The zero-order chi connectivity index (χ0) is 15.2. The van der Waals surface area contributed by atoms with Crippen molar-refractivity contribution in [2.75, 3.05) is 5.88 Å². The number of hydrogen-bond donors (Lipinski definition) is 1. The van der Waals surface area contributed by atoms with Crippen molar-refractivity contribution in [1.82, 2.24) is 5.32 Å². The molecule has 0 fully saturated rings. The quantitative estimate of drug-likeness (QED) is 0.544. The smallest absolute Gasteiger partial charge is 0.251 e. The van der Waals surface area contributed by atoms with Crippen LogP contribution in [0, 0.1) is 3.57 Å². The maximum atomic E-state index is 12.2. The average Bonchev–Trinajstić information content (AvgIpc) is 2.50. The van der Waals surface area contributed by atoms with Crippen molar-refractivity contribution in [1.29, 1.82) is 0 Å². The molecular weight excluding hydrogens is 420 g/mol. The van der Waals surface area contributed by atoms with Gasteiger partial charge in [-0.15, -0.1) is 11.6 Å². The molecule has 0 heterocycles. The second-order valence-corrected chi connectivity index (χ2v) is 6.52. The van der Waals surface area contributed by atoms with Crippen molar-refractivity contribution in [2.24, 2.45) is 0 Å². The third-order valence-corrected chi connectivity index (χ3v) is 4.97. The van der Waals surface area contributed by atoms with Gasteiger partial charge in [0, 0.05) is 21.1 Å². The first kappa shape index (κ1) is 16.6. The van der Waals surface area contributed by atoms with E-state index in [4.69, 9.17) is 23.2 Å². The van der Waals surface area contributed by atoms with Gasteiger partial charge in [0.2, 0.25) is 0 Å².